The first-order valence-corrected chi connectivity index (χ1v) is 6.41. The van der Waals surface area contributed by atoms with Gasteiger partial charge in [0.05, 0.1) is 5.92 Å². The van der Waals surface area contributed by atoms with Crippen molar-refractivity contribution in [1.29, 1.82) is 0 Å². The zero-order valence-corrected chi connectivity index (χ0v) is 10.4. The van der Waals surface area contributed by atoms with Gasteiger partial charge < -0.3 is 5.11 Å². The molecule has 0 saturated carbocycles. The number of carboxylic acids is 1. The molecule has 1 atom stereocenters. The van der Waals surface area contributed by atoms with Crippen LogP contribution in [0.3, 0.4) is 0 Å². The van der Waals surface area contributed by atoms with Gasteiger partial charge in [-0.25, -0.2) is 0 Å². The van der Waals surface area contributed by atoms with Gasteiger partial charge in [-0.3, -0.25) is 4.79 Å². The molecule has 0 aliphatic heterocycles. The maximum atomic E-state index is 11.3. The lowest BCUT2D eigenvalue weighted by atomic mass is 9.93. The number of rotatable bonds is 4. The fraction of sp³-hybridized carbons (Fsp3) is 0.214. The number of aliphatic carboxylic acids is 1. The maximum absolute atomic E-state index is 11.3. The number of benzene rings is 1. The van der Waals surface area contributed by atoms with Gasteiger partial charge in [0.1, 0.15) is 0 Å². The Morgan fingerprint density at radius 3 is 2.53 bits per heavy atom. The Kier molecular flexibility index (Phi) is 3.59. The molecule has 1 heterocycles. The molecule has 0 radical (unpaired) electrons. The standard InChI is InChI=1S/C14H14O2S/c1-10-2-4-12(5-3-10)13(14(15)16)8-11-6-7-17-9-11/h2-7,9,13H,8H2,1H3,(H,15,16). The molecular weight excluding hydrogens is 232 g/mol. The summed E-state index contributed by atoms with van der Waals surface area (Å²) < 4.78 is 0. The highest BCUT2D eigenvalue weighted by Crippen LogP contribution is 2.23. The largest absolute Gasteiger partial charge is 0.481 e. The Bertz CT molecular complexity index is 485. The molecule has 1 aromatic heterocycles. The third kappa shape index (κ3) is 2.94. The molecule has 0 bridgehead atoms. The molecule has 2 rings (SSSR count). The van der Waals surface area contributed by atoms with Crippen molar-refractivity contribution < 1.29 is 9.90 Å². The minimum atomic E-state index is -0.764. The van der Waals surface area contributed by atoms with Crippen LogP contribution < -0.4 is 0 Å². The molecular formula is C14H14O2S. The van der Waals surface area contributed by atoms with Gasteiger partial charge in [0.2, 0.25) is 0 Å². The minimum absolute atomic E-state index is 0.454. The van der Waals surface area contributed by atoms with Gasteiger partial charge in [0.15, 0.2) is 0 Å². The Balaban J connectivity index is 2.23. The van der Waals surface area contributed by atoms with Crippen molar-refractivity contribution in [3.63, 3.8) is 0 Å². The second kappa shape index (κ2) is 5.15. The number of carboxylic acid groups (broad SMARTS) is 1. The van der Waals surface area contributed by atoms with E-state index < -0.39 is 11.9 Å². The number of hydrogen-bond acceptors (Lipinski definition) is 2. The van der Waals surface area contributed by atoms with Crippen LogP contribution in [0.4, 0.5) is 0 Å². The topological polar surface area (TPSA) is 37.3 Å². The summed E-state index contributed by atoms with van der Waals surface area (Å²) in [6, 6.07) is 9.70. The molecule has 88 valence electrons. The summed E-state index contributed by atoms with van der Waals surface area (Å²) in [5.74, 6) is -1.22. The summed E-state index contributed by atoms with van der Waals surface area (Å²) in [5.41, 5.74) is 3.10. The number of carbonyl (C=O) groups is 1. The van der Waals surface area contributed by atoms with Crippen LogP contribution in [0.2, 0.25) is 0 Å². The zero-order valence-electron chi connectivity index (χ0n) is 9.59. The third-order valence-corrected chi connectivity index (χ3v) is 3.53. The Morgan fingerprint density at radius 2 is 2.00 bits per heavy atom. The van der Waals surface area contributed by atoms with Gasteiger partial charge in [-0.05, 0) is 41.3 Å². The van der Waals surface area contributed by atoms with E-state index in [2.05, 4.69) is 0 Å². The molecule has 2 nitrogen and oxygen atoms in total. The average Bonchev–Trinajstić information content (AvgIpc) is 2.80. The third-order valence-electron chi connectivity index (χ3n) is 2.80. The van der Waals surface area contributed by atoms with Gasteiger partial charge in [0, 0.05) is 0 Å². The number of thiophene rings is 1. The molecule has 0 saturated heterocycles. The lowest BCUT2D eigenvalue weighted by Crippen LogP contribution is -2.14. The monoisotopic (exact) mass is 246 g/mol. The van der Waals surface area contributed by atoms with E-state index in [9.17, 15) is 9.90 Å². The summed E-state index contributed by atoms with van der Waals surface area (Å²) in [6.07, 6.45) is 0.557. The molecule has 3 heteroatoms. The highest BCUT2D eigenvalue weighted by Gasteiger charge is 2.20. The maximum Gasteiger partial charge on any atom is 0.311 e. The molecule has 0 aliphatic rings. The van der Waals surface area contributed by atoms with Crippen LogP contribution in [0.1, 0.15) is 22.6 Å². The fourth-order valence-corrected chi connectivity index (χ4v) is 2.47. The zero-order chi connectivity index (χ0) is 12.3. The van der Waals surface area contributed by atoms with E-state index in [1.165, 1.54) is 0 Å². The average molecular weight is 246 g/mol. The van der Waals surface area contributed by atoms with Crippen LogP contribution in [0.25, 0.3) is 0 Å². The summed E-state index contributed by atoms with van der Waals surface area (Å²) in [5, 5.41) is 13.3. The van der Waals surface area contributed by atoms with E-state index in [0.29, 0.717) is 6.42 Å². The fourth-order valence-electron chi connectivity index (χ4n) is 1.79. The highest BCUT2D eigenvalue weighted by atomic mass is 32.1. The predicted octanol–water partition coefficient (Wildman–Crippen LogP) is 3.47. The molecule has 17 heavy (non-hydrogen) atoms. The molecule has 1 N–H and O–H groups in total. The van der Waals surface area contributed by atoms with Crippen molar-refractivity contribution in [2.45, 2.75) is 19.3 Å². The normalized spacial score (nSPS) is 12.3. The molecule has 0 amide bonds. The molecule has 0 spiro atoms. The number of aryl methyl sites for hydroxylation is 1. The molecule has 1 unspecified atom stereocenters. The first-order valence-electron chi connectivity index (χ1n) is 5.47. The lowest BCUT2D eigenvalue weighted by molar-refractivity contribution is -0.138. The van der Waals surface area contributed by atoms with E-state index >= 15 is 0 Å². The minimum Gasteiger partial charge on any atom is -0.481 e. The van der Waals surface area contributed by atoms with Crippen LogP contribution in [0, 0.1) is 6.92 Å². The van der Waals surface area contributed by atoms with E-state index in [4.69, 9.17) is 0 Å². The highest BCUT2D eigenvalue weighted by molar-refractivity contribution is 7.07. The Hall–Kier alpha value is -1.61. The summed E-state index contributed by atoms with van der Waals surface area (Å²) in [4.78, 5) is 11.3. The molecule has 1 aromatic carbocycles. The van der Waals surface area contributed by atoms with E-state index in [1.807, 2.05) is 48.0 Å². The van der Waals surface area contributed by atoms with Crippen molar-refractivity contribution in [2.24, 2.45) is 0 Å². The molecule has 0 fully saturated rings. The second-order valence-electron chi connectivity index (χ2n) is 4.14. The van der Waals surface area contributed by atoms with Crippen molar-refractivity contribution in [2.75, 3.05) is 0 Å². The van der Waals surface area contributed by atoms with Crippen molar-refractivity contribution in [1.82, 2.24) is 0 Å². The quantitative estimate of drug-likeness (QED) is 0.897. The van der Waals surface area contributed by atoms with Crippen molar-refractivity contribution >= 4 is 17.3 Å². The molecule has 2 aromatic rings. The predicted molar refractivity (Wildman–Crippen MR) is 69.6 cm³/mol. The van der Waals surface area contributed by atoms with Crippen LogP contribution >= 0.6 is 11.3 Å². The second-order valence-corrected chi connectivity index (χ2v) is 4.92. The first-order chi connectivity index (χ1) is 8.16. The summed E-state index contributed by atoms with van der Waals surface area (Å²) in [7, 11) is 0. The van der Waals surface area contributed by atoms with Gasteiger partial charge >= 0.3 is 5.97 Å². The SMILES string of the molecule is Cc1ccc(C(Cc2ccsc2)C(=O)O)cc1. The van der Waals surface area contributed by atoms with Gasteiger partial charge in [0.25, 0.3) is 0 Å². The smallest absolute Gasteiger partial charge is 0.311 e. The van der Waals surface area contributed by atoms with E-state index in [1.54, 1.807) is 11.3 Å². The van der Waals surface area contributed by atoms with Gasteiger partial charge in [-0.15, -0.1) is 0 Å². The number of hydrogen-bond donors (Lipinski definition) is 1. The summed E-state index contributed by atoms with van der Waals surface area (Å²) >= 11 is 1.60. The van der Waals surface area contributed by atoms with E-state index in [0.717, 1.165) is 16.7 Å². The lowest BCUT2D eigenvalue weighted by Gasteiger charge is -2.12. The van der Waals surface area contributed by atoms with Gasteiger partial charge in [-0.1, -0.05) is 29.8 Å². The van der Waals surface area contributed by atoms with Crippen molar-refractivity contribution in [3.05, 3.63) is 57.8 Å². The van der Waals surface area contributed by atoms with Crippen LogP contribution in [0.5, 0.6) is 0 Å². The van der Waals surface area contributed by atoms with Crippen LogP contribution in [-0.4, -0.2) is 11.1 Å². The van der Waals surface area contributed by atoms with Crippen LogP contribution in [-0.2, 0) is 11.2 Å². The molecule has 0 aliphatic carbocycles. The first kappa shape index (κ1) is 11.9. The van der Waals surface area contributed by atoms with E-state index in [-0.39, 0.29) is 0 Å². The van der Waals surface area contributed by atoms with Crippen LogP contribution in [0.15, 0.2) is 41.1 Å². The van der Waals surface area contributed by atoms with Crippen molar-refractivity contribution in [3.8, 4) is 0 Å². The Morgan fingerprint density at radius 1 is 1.29 bits per heavy atom. The Labute approximate surface area is 105 Å². The summed E-state index contributed by atoms with van der Waals surface area (Å²) in [6.45, 7) is 2.00. The van der Waals surface area contributed by atoms with Gasteiger partial charge in [-0.2, -0.15) is 11.3 Å².